The van der Waals surface area contributed by atoms with Gasteiger partial charge in [0.25, 0.3) is 0 Å². The fraction of sp³-hybridized carbons (Fsp3) is 0.238. The third kappa shape index (κ3) is 5.79. The zero-order valence-corrected chi connectivity index (χ0v) is 17.8. The predicted octanol–water partition coefficient (Wildman–Crippen LogP) is 4.90. The van der Waals surface area contributed by atoms with E-state index in [1.807, 2.05) is 43.5 Å². The number of ether oxygens (including phenoxy) is 1. The smallest absolute Gasteiger partial charge is 0.226 e. The van der Waals surface area contributed by atoms with Crippen LogP contribution < -0.4 is 10.1 Å². The number of hydrogen-bond donors (Lipinski definition) is 1. The minimum absolute atomic E-state index is 0.115. The fourth-order valence-electron chi connectivity index (χ4n) is 2.50. The molecule has 3 aromatic rings. The lowest BCUT2D eigenvalue weighted by Crippen LogP contribution is -2.12. The number of rotatable bonds is 8. The van der Waals surface area contributed by atoms with Crippen molar-refractivity contribution in [3.8, 4) is 23.1 Å². The molecular formula is C21H20N4O2S2. The second kappa shape index (κ2) is 10.0. The number of pyridine rings is 1. The van der Waals surface area contributed by atoms with Gasteiger partial charge in [0.2, 0.25) is 5.91 Å². The Morgan fingerprint density at radius 1 is 1.24 bits per heavy atom. The number of aryl methyl sites for hydroxylation is 1. The molecule has 0 unspecified atom stereocenters. The van der Waals surface area contributed by atoms with Gasteiger partial charge in [0.05, 0.1) is 17.9 Å². The number of amides is 1. The van der Waals surface area contributed by atoms with Gasteiger partial charge >= 0.3 is 0 Å². The summed E-state index contributed by atoms with van der Waals surface area (Å²) in [4.78, 5) is 21.1. The standard InChI is InChI=1S/C21H20N4O2S2/c1-3-27-17-8-6-15(7-9-17)18-13-29-21(24-18)25-19(26)10-11-28-20-16(12-22)5-4-14(2)23-20/h4-9,13H,3,10-11H2,1-2H3,(H,24,25,26). The highest BCUT2D eigenvalue weighted by Crippen LogP contribution is 2.27. The molecule has 0 atom stereocenters. The van der Waals surface area contributed by atoms with E-state index >= 15 is 0 Å². The Labute approximate surface area is 178 Å². The minimum atomic E-state index is -0.115. The highest BCUT2D eigenvalue weighted by Gasteiger charge is 2.10. The van der Waals surface area contributed by atoms with Gasteiger partial charge in [0.15, 0.2) is 5.13 Å². The summed E-state index contributed by atoms with van der Waals surface area (Å²) in [6.45, 7) is 4.45. The van der Waals surface area contributed by atoms with Crippen molar-refractivity contribution in [3.05, 3.63) is 53.0 Å². The molecule has 0 saturated heterocycles. The average molecular weight is 425 g/mol. The zero-order chi connectivity index (χ0) is 20.6. The van der Waals surface area contributed by atoms with Gasteiger partial charge in [0.1, 0.15) is 16.8 Å². The third-order valence-corrected chi connectivity index (χ3v) is 5.65. The molecular weight excluding hydrogens is 404 g/mol. The number of hydrogen-bond acceptors (Lipinski definition) is 7. The molecule has 1 N–H and O–H groups in total. The number of thioether (sulfide) groups is 1. The van der Waals surface area contributed by atoms with Crippen LogP contribution in [0.2, 0.25) is 0 Å². The van der Waals surface area contributed by atoms with Gasteiger partial charge in [0, 0.05) is 28.8 Å². The van der Waals surface area contributed by atoms with Crippen LogP contribution >= 0.6 is 23.1 Å². The van der Waals surface area contributed by atoms with E-state index < -0.39 is 0 Å². The quantitative estimate of drug-likeness (QED) is 0.517. The molecule has 0 saturated carbocycles. The molecule has 29 heavy (non-hydrogen) atoms. The Hall–Kier alpha value is -2.89. The van der Waals surface area contributed by atoms with Crippen molar-refractivity contribution in [2.24, 2.45) is 0 Å². The largest absolute Gasteiger partial charge is 0.494 e. The summed E-state index contributed by atoms with van der Waals surface area (Å²) in [5.74, 6) is 1.24. The second-order valence-corrected chi connectivity index (χ2v) is 8.00. The monoisotopic (exact) mass is 424 g/mol. The number of nitriles is 1. The summed E-state index contributed by atoms with van der Waals surface area (Å²) in [6, 6.07) is 13.4. The van der Waals surface area contributed by atoms with Gasteiger partial charge in [-0.3, -0.25) is 4.79 Å². The van der Waals surface area contributed by atoms with Crippen LogP contribution in [0.15, 0.2) is 46.8 Å². The maximum atomic E-state index is 12.2. The van der Waals surface area contributed by atoms with Gasteiger partial charge in [-0.15, -0.1) is 23.1 Å². The lowest BCUT2D eigenvalue weighted by atomic mass is 10.2. The summed E-state index contributed by atoms with van der Waals surface area (Å²) in [5, 5.41) is 15.1. The molecule has 0 bridgehead atoms. The van der Waals surface area contributed by atoms with Gasteiger partial charge < -0.3 is 10.1 Å². The van der Waals surface area contributed by atoms with Crippen LogP contribution in [0.25, 0.3) is 11.3 Å². The highest BCUT2D eigenvalue weighted by molar-refractivity contribution is 7.99. The summed E-state index contributed by atoms with van der Waals surface area (Å²) in [5.41, 5.74) is 3.15. The van der Waals surface area contributed by atoms with Gasteiger partial charge in [-0.1, -0.05) is 0 Å². The summed E-state index contributed by atoms with van der Waals surface area (Å²) in [6.07, 6.45) is 0.309. The summed E-state index contributed by atoms with van der Waals surface area (Å²) >= 11 is 2.80. The van der Waals surface area contributed by atoms with Crippen LogP contribution in [0, 0.1) is 18.3 Å². The van der Waals surface area contributed by atoms with Gasteiger partial charge in [-0.2, -0.15) is 5.26 Å². The Balaban J connectivity index is 1.53. The van der Waals surface area contributed by atoms with E-state index in [9.17, 15) is 4.79 Å². The molecule has 3 rings (SSSR count). The van der Waals surface area contributed by atoms with E-state index in [1.165, 1.54) is 23.1 Å². The van der Waals surface area contributed by atoms with Crippen molar-refractivity contribution in [2.75, 3.05) is 17.7 Å². The molecule has 0 radical (unpaired) electrons. The molecule has 0 aliphatic heterocycles. The third-order valence-electron chi connectivity index (χ3n) is 3.90. The van der Waals surface area contributed by atoms with Crippen LogP contribution in [0.5, 0.6) is 5.75 Å². The van der Waals surface area contributed by atoms with Gasteiger partial charge in [-0.05, 0) is 50.2 Å². The van der Waals surface area contributed by atoms with E-state index in [0.29, 0.717) is 34.5 Å². The number of nitrogens with one attached hydrogen (secondary N) is 1. The molecule has 0 spiro atoms. The molecule has 2 heterocycles. The van der Waals surface area contributed by atoms with E-state index in [4.69, 9.17) is 10.00 Å². The topological polar surface area (TPSA) is 87.9 Å². The Kier molecular flexibility index (Phi) is 7.22. The van der Waals surface area contributed by atoms with E-state index in [2.05, 4.69) is 21.4 Å². The van der Waals surface area contributed by atoms with Crippen molar-refractivity contribution in [2.45, 2.75) is 25.3 Å². The van der Waals surface area contributed by atoms with Crippen molar-refractivity contribution < 1.29 is 9.53 Å². The molecule has 0 aliphatic rings. The van der Waals surface area contributed by atoms with Crippen molar-refractivity contribution in [1.29, 1.82) is 5.26 Å². The zero-order valence-electron chi connectivity index (χ0n) is 16.1. The lowest BCUT2D eigenvalue weighted by Gasteiger charge is -2.05. The number of benzene rings is 1. The molecule has 8 heteroatoms. The molecule has 148 valence electrons. The van der Waals surface area contributed by atoms with E-state index in [0.717, 1.165) is 22.7 Å². The lowest BCUT2D eigenvalue weighted by molar-refractivity contribution is -0.115. The van der Waals surface area contributed by atoms with Gasteiger partial charge in [-0.25, -0.2) is 9.97 Å². The average Bonchev–Trinajstić information content (AvgIpc) is 3.17. The highest BCUT2D eigenvalue weighted by atomic mass is 32.2. The molecule has 0 fully saturated rings. The number of carbonyl (C=O) groups excluding carboxylic acids is 1. The van der Waals surface area contributed by atoms with Crippen LogP contribution in [0.4, 0.5) is 5.13 Å². The van der Waals surface area contributed by atoms with Crippen molar-refractivity contribution in [1.82, 2.24) is 9.97 Å². The first-order valence-electron chi connectivity index (χ1n) is 9.08. The number of aromatic nitrogens is 2. The first kappa shape index (κ1) is 20.8. The Morgan fingerprint density at radius 3 is 2.76 bits per heavy atom. The minimum Gasteiger partial charge on any atom is -0.494 e. The maximum Gasteiger partial charge on any atom is 0.226 e. The second-order valence-electron chi connectivity index (χ2n) is 6.06. The fourth-order valence-corrected chi connectivity index (χ4v) is 4.20. The Bertz CT molecular complexity index is 1030. The SMILES string of the molecule is CCOc1ccc(-c2csc(NC(=O)CCSc3nc(C)ccc3C#N)n2)cc1. The molecule has 2 aromatic heterocycles. The van der Waals surface area contributed by atoms with E-state index in [-0.39, 0.29) is 5.91 Å². The normalized spacial score (nSPS) is 10.4. The summed E-state index contributed by atoms with van der Waals surface area (Å²) < 4.78 is 5.45. The summed E-state index contributed by atoms with van der Waals surface area (Å²) in [7, 11) is 0. The molecule has 1 aromatic carbocycles. The van der Waals surface area contributed by atoms with Crippen molar-refractivity contribution >= 4 is 34.1 Å². The van der Waals surface area contributed by atoms with Crippen LogP contribution in [-0.2, 0) is 4.79 Å². The van der Waals surface area contributed by atoms with Crippen LogP contribution in [0.1, 0.15) is 24.6 Å². The van der Waals surface area contributed by atoms with Crippen LogP contribution in [-0.4, -0.2) is 28.2 Å². The molecule has 6 nitrogen and oxygen atoms in total. The number of carbonyl (C=O) groups is 1. The number of anilines is 1. The first-order valence-corrected chi connectivity index (χ1v) is 10.9. The van der Waals surface area contributed by atoms with Crippen LogP contribution in [0.3, 0.4) is 0 Å². The number of thiazole rings is 1. The van der Waals surface area contributed by atoms with E-state index in [1.54, 1.807) is 12.1 Å². The maximum absolute atomic E-state index is 12.2. The predicted molar refractivity (Wildman–Crippen MR) is 116 cm³/mol. The Morgan fingerprint density at radius 2 is 2.03 bits per heavy atom. The van der Waals surface area contributed by atoms with Crippen molar-refractivity contribution in [3.63, 3.8) is 0 Å². The molecule has 1 amide bonds. The first-order chi connectivity index (χ1) is 14.1. The number of nitrogens with zero attached hydrogens (tertiary/aromatic N) is 3. The molecule has 0 aliphatic carbocycles.